The molecule has 84 valence electrons. The van der Waals surface area contributed by atoms with Crippen molar-refractivity contribution in [2.75, 3.05) is 5.06 Å². The van der Waals surface area contributed by atoms with Gasteiger partial charge in [0.15, 0.2) is 0 Å². The number of hydrogen-bond acceptors (Lipinski definition) is 3. The second-order valence-electron chi connectivity index (χ2n) is 3.13. The number of rotatable bonds is 0. The number of amides is 1. The molecule has 1 aliphatic rings. The molecule has 2 rings (SSSR count). The molecule has 1 aromatic carbocycles. The lowest BCUT2D eigenvalue weighted by atomic mass is 10.1. The molecule has 1 heterocycles. The van der Waals surface area contributed by atoms with Gasteiger partial charge in [0.1, 0.15) is 0 Å². The van der Waals surface area contributed by atoms with E-state index in [1.807, 2.05) is 0 Å². The Hall–Kier alpha value is -1.89. The fourth-order valence-electron chi connectivity index (χ4n) is 1.48. The van der Waals surface area contributed by atoms with E-state index in [9.17, 15) is 28.0 Å². The molecule has 1 amide bonds. The number of hydrogen-bond donors (Lipinski definition) is 0. The number of Topliss-reactive ketones (excluding diaryl/α,β-unsaturated/α-hetero) is 1. The summed E-state index contributed by atoms with van der Waals surface area (Å²) in [5.74, 6) is -2.71. The first kappa shape index (κ1) is 10.6. The molecule has 1 aliphatic heterocycles. The minimum atomic E-state index is -4.78. The monoisotopic (exact) mass is 230 g/mol. The first-order chi connectivity index (χ1) is 7.34. The van der Waals surface area contributed by atoms with Crippen LogP contribution in [-0.4, -0.2) is 11.7 Å². The molecule has 0 N–H and O–H groups in total. The summed E-state index contributed by atoms with van der Waals surface area (Å²) in [6.07, 6.45) is -4.78. The number of hydroxylamine groups is 1. The van der Waals surface area contributed by atoms with Crippen LogP contribution in [0.15, 0.2) is 18.2 Å². The fraction of sp³-hybridized carbons (Fsp3) is 0.111. The standard InChI is InChI=1S/C9H3F3NO3/c10-9(11,12)5-3-1-2-4-6(5)13(16)8(15)7(4)14/h1-3H/q-1. The molecule has 0 saturated heterocycles. The minimum Gasteiger partial charge on any atom is -0.751 e. The first-order valence-electron chi connectivity index (χ1n) is 4.10. The lowest BCUT2D eigenvalue weighted by molar-refractivity contribution is -0.137. The van der Waals surface area contributed by atoms with Gasteiger partial charge < -0.3 is 10.3 Å². The van der Waals surface area contributed by atoms with Crippen molar-refractivity contribution in [1.82, 2.24) is 0 Å². The summed E-state index contributed by atoms with van der Waals surface area (Å²) in [7, 11) is 0. The van der Waals surface area contributed by atoms with Gasteiger partial charge in [0.25, 0.3) is 11.7 Å². The Balaban J connectivity index is 2.72. The molecule has 7 heteroatoms. The predicted octanol–water partition coefficient (Wildman–Crippen LogP) is 1.73. The normalized spacial score (nSPS) is 15.6. The quantitative estimate of drug-likeness (QED) is 0.637. The summed E-state index contributed by atoms with van der Waals surface area (Å²) in [5.41, 5.74) is -2.70. The Labute approximate surface area is 86.8 Å². The van der Waals surface area contributed by atoms with Crippen molar-refractivity contribution in [1.29, 1.82) is 0 Å². The lowest BCUT2D eigenvalue weighted by Gasteiger charge is -2.24. The van der Waals surface area contributed by atoms with Crippen LogP contribution in [0.25, 0.3) is 0 Å². The van der Waals surface area contributed by atoms with Crippen molar-refractivity contribution < 1.29 is 22.8 Å². The average Bonchev–Trinajstić information content (AvgIpc) is 2.43. The molecule has 0 aliphatic carbocycles. The van der Waals surface area contributed by atoms with E-state index >= 15 is 0 Å². The topological polar surface area (TPSA) is 60.4 Å². The zero-order valence-electron chi connectivity index (χ0n) is 7.54. The highest BCUT2D eigenvalue weighted by Gasteiger charge is 2.41. The maximum atomic E-state index is 12.5. The first-order valence-corrected chi connectivity index (χ1v) is 4.10. The summed E-state index contributed by atoms with van der Waals surface area (Å²) < 4.78 is 37.4. The molecule has 1 aromatic rings. The van der Waals surface area contributed by atoms with Gasteiger partial charge in [-0.3, -0.25) is 9.59 Å². The second kappa shape index (κ2) is 3.05. The average molecular weight is 230 g/mol. The lowest BCUT2D eigenvalue weighted by Crippen LogP contribution is -2.24. The molecule has 0 aromatic heterocycles. The van der Waals surface area contributed by atoms with Crippen molar-refractivity contribution in [2.45, 2.75) is 6.18 Å². The van der Waals surface area contributed by atoms with Crippen molar-refractivity contribution in [3.05, 3.63) is 34.5 Å². The highest BCUT2D eigenvalue weighted by molar-refractivity contribution is 6.52. The Morgan fingerprint density at radius 2 is 1.81 bits per heavy atom. The molecule has 0 unspecified atom stereocenters. The maximum absolute atomic E-state index is 12.5. The van der Waals surface area contributed by atoms with Gasteiger partial charge in [-0.2, -0.15) is 13.2 Å². The van der Waals surface area contributed by atoms with Crippen LogP contribution in [-0.2, 0) is 11.0 Å². The summed E-state index contributed by atoms with van der Waals surface area (Å²) in [6.45, 7) is 0. The number of anilines is 1. The third-order valence-corrected chi connectivity index (χ3v) is 2.17. The van der Waals surface area contributed by atoms with Crippen LogP contribution in [0, 0.1) is 5.21 Å². The Kier molecular flexibility index (Phi) is 2.02. The Morgan fingerprint density at radius 3 is 2.38 bits per heavy atom. The third-order valence-electron chi connectivity index (χ3n) is 2.17. The van der Waals surface area contributed by atoms with Crippen LogP contribution in [0.2, 0.25) is 0 Å². The molecule has 0 fully saturated rings. The number of nitrogens with zero attached hydrogens (tertiary/aromatic N) is 1. The molecule has 0 radical (unpaired) electrons. The van der Waals surface area contributed by atoms with Gasteiger partial charge in [0, 0.05) is 0 Å². The number of para-hydroxylation sites is 1. The van der Waals surface area contributed by atoms with E-state index < -0.39 is 39.7 Å². The molecule has 4 nitrogen and oxygen atoms in total. The van der Waals surface area contributed by atoms with Gasteiger partial charge in [-0.1, -0.05) is 6.07 Å². The maximum Gasteiger partial charge on any atom is 0.418 e. The van der Waals surface area contributed by atoms with Crippen LogP contribution in [0.1, 0.15) is 15.9 Å². The summed E-state index contributed by atoms with van der Waals surface area (Å²) in [4.78, 5) is 22.1. The van der Waals surface area contributed by atoms with Crippen LogP contribution >= 0.6 is 0 Å². The number of alkyl halides is 3. The molecule has 0 saturated carbocycles. The number of fused-ring (bicyclic) bond motifs is 1. The van der Waals surface area contributed by atoms with Gasteiger partial charge in [-0.15, -0.1) is 0 Å². The number of halogens is 3. The van der Waals surface area contributed by atoms with E-state index in [0.29, 0.717) is 6.07 Å². The van der Waals surface area contributed by atoms with E-state index in [1.165, 1.54) is 0 Å². The molecule has 16 heavy (non-hydrogen) atoms. The zero-order valence-corrected chi connectivity index (χ0v) is 7.54. The van der Waals surface area contributed by atoms with Crippen molar-refractivity contribution in [3.8, 4) is 0 Å². The largest absolute Gasteiger partial charge is 0.751 e. The van der Waals surface area contributed by atoms with Gasteiger partial charge in [-0.25, -0.2) is 0 Å². The van der Waals surface area contributed by atoms with Crippen LogP contribution in [0.5, 0.6) is 0 Å². The highest BCUT2D eigenvalue weighted by atomic mass is 19.4. The summed E-state index contributed by atoms with van der Waals surface area (Å²) >= 11 is 0. The Morgan fingerprint density at radius 1 is 1.19 bits per heavy atom. The Bertz CT molecular complexity index is 495. The van der Waals surface area contributed by atoms with E-state index in [0.717, 1.165) is 12.1 Å². The number of carbonyl (C=O) groups is 2. The highest BCUT2D eigenvalue weighted by Crippen LogP contribution is 2.41. The van der Waals surface area contributed by atoms with E-state index in [2.05, 4.69) is 0 Å². The smallest absolute Gasteiger partial charge is 0.418 e. The van der Waals surface area contributed by atoms with Crippen molar-refractivity contribution in [2.24, 2.45) is 0 Å². The van der Waals surface area contributed by atoms with Gasteiger partial charge in [-0.05, 0) is 12.1 Å². The number of benzene rings is 1. The third kappa shape index (κ3) is 1.28. The minimum absolute atomic E-state index is 0.505. The van der Waals surface area contributed by atoms with Gasteiger partial charge in [0.2, 0.25) is 0 Å². The molecule has 0 atom stereocenters. The van der Waals surface area contributed by atoms with Crippen LogP contribution in [0.3, 0.4) is 0 Å². The van der Waals surface area contributed by atoms with Gasteiger partial charge >= 0.3 is 6.18 Å². The van der Waals surface area contributed by atoms with E-state index in [4.69, 9.17) is 0 Å². The fourth-order valence-corrected chi connectivity index (χ4v) is 1.48. The summed E-state index contributed by atoms with van der Waals surface area (Å²) in [6, 6.07) is 2.64. The zero-order chi connectivity index (χ0) is 12.1. The molecular weight excluding hydrogens is 227 g/mol. The van der Waals surface area contributed by atoms with Crippen LogP contribution in [0.4, 0.5) is 18.9 Å². The van der Waals surface area contributed by atoms with Crippen LogP contribution < -0.4 is 5.06 Å². The van der Waals surface area contributed by atoms with Crippen molar-refractivity contribution in [3.63, 3.8) is 0 Å². The van der Waals surface area contributed by atoms with Gasteiger partial charge in [0.05, 0.1) is 16.8 Å². The molecular formula is C9H3F3NO3-. The summed E-state index contributed by atoms with van der Waals surface area (Å²) in [5, 5.41) is 10.6. The molecule has 0 bridgehead atoms. The number of ketones is 1. The number of carbonyl (C=O) groups excluding carboxylic acids is 2. The SMILES string of the molecule is O=C1C(=O)N([O-])c2c1cccc2C(F)(F)F. The van der Waals surface area contributed by atoms with Crippen molar-refractivity contribution >= 4 is 17.4 Å². The van der Waals surface area contributed by atoms with E-state index in [1.54, 1.807) is 0 Å². The molecule has 0 spiro atoms. The second-order valence-corrected chi connectivity index (χ2v) is 3.13. The predicted molar refractivity (Wildman–Crippen MR) is 46.6 cm³/mol. The van der Waals surface area contributed by atoms with E-state index in [-0.39, 0.29) is 0 Å².